The van der Waals surface area contributed by atoms with Crippen LogP contribution in [0.2, 0.25) is 0 Å². The van der Waals surface area contributed by atoms with Crippen LogP contribution in [-0.4, -0.2) is 10.5 Å². The van der Waals surface area contributed by atoms with Crippen molar-refractivity contribution in [1.29, 1.82) is 0 Å². The van der Waals surface area contributed by atoms with E-state index in [1.807, 2.05) is 0 Å². The Bertz CT molecular complexity index is 3.25. The quantitative estimate of drug-likeness (QED) is 0.338. The van der Waals surface area contributed by atoms with Crippen LogP contribution < -0.4 is 0 Å². The fourth-order valence-corrected chi connectivity index (χ4v) is 0. The molecule has 0 saturated heterocycles. The third-order valence-electron chi connectivity index (χ3n) is 0. The van der Waals surface area contributed by atoms with E-state index in [1.165, 1.54) is 0 Å². The predicted molar refractivity (Wildman–Crippen MR) is 6.34 cm³/mol. The molecular formula is H2HoO3. The summed E-state index contributed by atoms with van der Waals surface area (Å²) in [5, 5.41) is 15.5. The largest absolute Gasteiger partial charge is 0.221 e. The van der Waals surface area contributed by atoms with Crippen molar-refractivity contribution in [3.8, 4) is 0 Å². The molecule has 0 saturated carbocycles. The zero-order valence-electron chi connectivity index (χ0n) is 1.60. The SMILES string of the molecule is OOO.[Ho]. The Labute approximate surface area is 53.1 Å². The maximum atomic E-state index is 6.62. The van der Waals surface area contributed by atoms with E-state index in [9.17, 15) is 0 Å². The maximum Gasteiger partial charge on any atom is 0 e. The van der Waals surface area contributed by atoms with Crippen LogP contribution in [-0.2, 0) is 5.04 Å². The number of rotatable bonds is 0. The fourth-order valence-electron chi connectivity index (χ4n) is 0. The molecule has 0 amide bonds. The summed E-state index contributed by atoms with van der Waals surface area (Å²) in [5.41, 5.74) is 0. The van der Waals surface area contributed by atoms with Crippen molar-refractivity contribution in [2.75, 3.05) is 0 Å². The van der Waals surface area contributed by atoms with Gasteiger partial charge in [0.1, 0.15) is 0 Å². The van der Waals surface area contributed by atoms with Gasteiger partial charge in [-0.2, -0.15) is 0 Å². The van der Waals surface area contributed by atoms with Gasteiger partial charge in [-0.25, -0.2) is 10.5 Å². The maximum absolute atomic E-state index is 6.62. The van der Waals surface area contributed by atoms with Crippen LogP contribution in [0.1, 0.15) is 0 Å². The van der Waals surface area contributed by atoms with E-state index in [1.54, 1.807) is 0 Å². The molecule has 0 atom stereocenters. The van der Waals surface area contributed by atoms with E-state index >= 15 is 0 Å². The van der Waals surface area contributed by atoms with Crippen LogP contribution >= 0.6 is 0 Å². The summed E-state index contributed by atoms with van der Waals surface area (Å²) in [5.74, 6) is 0. The third kappa shape index (κ3) is 11.1. The predicted octanol–water partition coefficient (Wildman–Crippen LogP) is -0.0510. The molecule has 0 bridgehead atoms. The molecule has 0 aliphatic heterocycles. The average molecular weight is 215 g/mol. The van der Waals surface area contributed by atoms with Crippen molar-refractivity contribution in [2.24, 2.45) is 0 Å². The zero-order chi connectivity index (χ0) is 2.71. The molecule has 0 fully saturated rings. The van der Waals surface area contributed by atoms with E-state index < -0.39 is 0 Å². The summed E-state index contributed by atoms with van der Waals surface area (Å²) in [6, 6.07) is 0. The van der Waals surface area contributed by atoms with Gasteiger partial charge >= 0.3 is 0 Å². The minimum atomic E-state index is 0. The molecule has 4 heavy (non-hydrogen) atoms. The van der Waals surface area contributed by atoms with Gasteiger partial charge in [-0.05, 0) is 0 Å². The second kappa shape index (κ2) is 8.91. The van der Waals surface area contributed by atoms with Gasteiger partial charge in [0.2, 0.25) is 0 Å². The Morgan fingerprint density at radius 1 is 1.25 bits per heavy atom. The normalized spacial score (nSPS) is 4.50. The Balaban J connectivity index is 0. The molecule has 0 aliphatic carbocycles. The second-order valence-electron chi connectivity index (χ2n) is 0.0816. The molecule has 0 aliphatic rings. The van der Waals surface area contributed by atoms with Crippen LogP contribution in [0.5, 0.6) is 0 Å². The fraction of sp³-hybridized carbons (Fsp3) is 0. The van der Waals surface area contributed by atoms with Crippen LogP contribution in [0.3, 0.4) is 0 Å². The first-order valence-corrected chi connectivity index (χ1v) is 0.365. The summed E-state index contributed by atoms with van der Waals surface area (Å²) >= 11 is 0. The minimum Gasteiger partial charge on any atom is -0.221 e. The first kappa shape index (κ1) is 8.94. The Morgan fingerprint density at radius 3 is 1.25 bits per heavy atom. The molecule has 3 nitrogen and oxygen atoms in total. The van der Waals surface area contributed by atoms with E-state index in [0.29, 0.717) is 0 Å². The third-order valence-corrected chi connectivity index (χ3v) is 0. The molecule has 0 spiro atoms. The van der Waals surface area contributed by atoms with Gasteiger partial charge in [0.15, 0.2) is 0 Å². The monoisotopic (exact) mass is 215 g/mol. The minimum absolute atomic E-state index is 0. The molecule has 0 rings (SSSR count). The molecule has 0 aromatic heterocycles. The average Bonchev–Trinajstić information content (AvgIpc) is 0.918. The van der Waals surface area contributed by atoms with Crippen LogP contribution in [0.4, 0.5) is 0 Å². The molecule has 0 aromatic rings. The Hall–Kier alpha value is 1.14. The van der Waals surface area contributed by atoms with E-state index in [4.69, 9.17) is 10.5 Å². The van der Waals surface area contributed by atoms with E-state index in [-0.39, 0.29) is 37.7 Å². The summed E-state index contributed by atoms with van der Waals surface area (Å²) in [6.07, 6.45) is 0. The summed E-state index contributed by atoms with van der Waals surface area (Å²) in [4.78, 5) is 0. The van der Waals surface area contributed by atoms with Gasteiger partial charge in [0.05, 0.1) is 0 Å². The molecule has 0 heterocycles. The summed E-state index contributed by atoms with van der Waals surface area (Å²) in [6.45, 7) is 0. The molecule has 4 heteroatoms. The standard InChI is InChI=1S/Ho.H2O3/c;1-3-2/h;1-2H. The van der Waals surface area contributed by atoms with E-state index in [0.717, 1.165) is 0 Å². The van der Waals surface area contributed by atoms with Gasteiger partial charge in [-0.15, -0.1) is 0 Å². The van der Waals surface area contributed by atoms with Gasteiger partial charge in [0, 0.05) is 37.7 Å². The Morgan fingerprint density at radius 2 is 1.25 bits per heavy atom. The van der Waals surface area contributed by atoms with Gasteiger partial charge in [-0.1, -0.05) is 5.04 Å². The van der Waals surface area contributed by atoms with Crippen molar-refractivity contribution in [3.63, 3.8) is 0 Å². The summed E-state index contributed by atoms with van der Waals surface area (Å²) in [7, 11) is 0. The van der Waals surface area contributed by atoms with Crippen LogP contribution in [0.25, 0.3) is 0 Å². The smallest absolute Gasteiger partial charge is 0 e. The van der Waals surface area contributed by atoms with Crippen LogP contribution in [0.15, 0.2) is 0 Å². The van der Waals surface area contributed by atoms with Crippen molar-refractivity contribution in [2.45, 2.75) is 0 Å². The van der Waals surface area contributed by atoms with Gasteiger partial charge in [-0.3, -0.25) is 0 Å². The molecule has 0 aromatic carbocycles. The number of hydrogen-bond donors (Lipinski definition) is 2. The molecule has 0 unspecified atom stereocenters. The van der Waals surface area contributed by atoms with Crippen molar-refractivity contribution >= 4 is 0 Å². The first-order valence-electron chi connectivity index (χ1n) is 0.365. The van der Waals surface area contributed by atoms with Crippen LogP contribution in [0, 0.1) is 37.7 Å². The van der Waals surface area contributed by atoms with Gasteiger partial charge in [0.25, 0.3) is 0 Å². The van der Waals surface area contributed by atoms with Gasteiger partial charge < -0.3 is 0 Å². The van der Waals surface area contributed by atoms with E-state index in [2.05, 4.69) is 5.04 Å². The molecule has 1 radical (unpaired) electrons. The number of hydrogen-bond acceptors (Lipinski definition) is 3. The molecular weight excluding hydrogens is 213 g/mol. The van der Waals surface area contributed by atoms with Crippen molar-refractivity contribution in [1.82, 2.24) is 0 Å². The second-order valence-corrected chi connectivity index (χ2v) is 0.0816. The Kier molecular flexibility index (Phi) is 19.9. The molecule has 2 N–H and O–H groups in total. The first-order chi connectivity index (χ1) is 1.41. The van der Waals surface area contributed by atoms with Crippen molar-refractivity contribution < 1.29 is 53.3 Å². The summed E-state index contributed by atoms with van der Waals surface area (Å²) < 4.78 is 0. The topological polar surface area (TPSA) is 49.7 Å². The molecule has 31 valence electrons. The zero-order valence-corrected chi connectivity index (χ0v) is 3.54. The van der Waals surface area contributed by atoms with Crippen molar-refractivity contribution in [3.05, 3.63) is 0 Å².